The molecule has 16 heavy (non-hydrogen) atoms. The predicted molar refractivity (Wildman–Crippen MR) is 65.3 cm³/mol. The second-order valence-electron chi connectivity index (χ2n) is 3.68. The van der Waals surface area contributed by atoms with Crippen molar-refractivity contribution in [1.82, 2.24) is 9.38 Å². The lowest BCUT2D eigenvalue weighted by atomic mass is 10.3. The zero-order valence-electron chi connectivity index (χ0n) is 8.64. The number of aromatic nitrogens is 2. The van der Waals surface area contributed by atoms with E-state index in [2.05, 4.69) is 40.0 Å². The van der Waals surface area contributed by atoms with Crippen LogP contribution in [-0.2, 0) is 0 Å². The third-order valence-corrected chi connectivity index (χ3v) is 2.91. The maximum absolute atomic E-state index is 5.50. The van der Waals surface area contributed by atoms with E-state index in [1.807, 2.05) is 28.9 Å². The van der Waals surface area contributed by atoms with Crippen molar-refractivity contribution in [3.63, 3.8) is 0 Å². The van der Waals surface area contributed by atoms with Gasteiger partial charge in [-0.15, -0.1) is 0 Å². The van der Waals surface area contributed by atoms with Crippen molar-refractivity contribution >= 4 is 21.4 Å². The third kappa shape index (κ3) is 1.46. The number of fused-ring (bicyclic) bond motifs is 1. The highest BCUT2D eigenvalue weighted by atomic mass is 79.9. The molecule has 0 saturated heterocycles. The van der Waals surface area contributed by atoms with Crippen LogP contribution in [0.15, 0.2) is 45.7 Å². The summed E-state index contributed by atoms with van der Waals surface area (Å²) in [5, 5.41) is 0. The fourth-order valence-electron chi connectivity index (χ4n) is 1.73. The number of aryl methyl sites for hydroxylation is 1. The Morgan fingerprint density at radius 1 is 1.31 bits per heavy atom. The van der Waals surface area contributed by atoms with E-state index < -0.39 is 0 Å². The lowest BCUT2D eigenvalue weighted by Crippen LogP contribution is -1.87. The monoisotopic (exact) mass is 276 g/mol. The van der Waals surface area contributed by atoms with E-state index in [0.717, 1.165) is 17.1 Å². The van der Waals surface area contributed by atoms with Crippen molar-refractivity contribution < 1.29 is 4.42 Å². The average Bonchev–Trinajstić information content (AvgIpc) is 2.83. The zero-order valence-corrected chi connectivity index (χ0v) is 10.2. The van der Waals surface area contributed by atoms with Crippen molar-refractivity contribution in [3.8, 4) is 11.6 Å². The van der Waals surface area contributed by atoms with Gasteiger partial charge >= 0.3 is 0 Å². The van der Waals surface area contributed by atoms with Gasteiger partial charge in [0.25, 0.3) is 0 Å². The fourth-order valence-corrected chi connectivity index (χ4v) is 2.03. The molecule has 0 atom stereocenters. The Hall–Kier alpha value is -1.55. The van der Waals surface area contributed by atoms with Crippen LogP contribution in [0.4, 0.5) is 0 Å². The molecule has 0 aliphatic rings. The quantitative estimate of drug-likeness (QED) is 0.679. The normalized spacial score (nSPS) is 11.1. The number of halogens is 1. The molecule has 0 spiro atoms. The van der Waals surface area contributed by atoms with E-state index in [-0.39, 0.29) is 0 Å². The SMILES string of the molecule is Cc1ccn2c(-c3ccc(Br)o3)ncc2c1. The molecule has 80 valence electrons. The summed E-state index contributed by atoms with van der Waals surface area (Å²) in [5.74, 6) is 1.58. The molecule has 3 rings (SSSR count). The van der Waals surface area contributed by atoms with Crippen LogP contribution in [0.3, 0.4) is 0 Å². The van der Waals surface area contributed by atoms with E-state index >= 15 is 0 Å². The largest absolute Gasteiger partial charge is 0.446 e. The van der Waals surface area contributed by atoms with Crippen LogP contribution in [0, 0.1) is 6.92 Å². The highest BCUT2D eigenvalue weighted by molar-refractivity contribution is 9.10. The van der Waals surface area contributed by atoms with Gasteiger partial charge in [0.2, 0.25) is 0 Å². The van der Waals surface area contributed by atoms with Crippen LogP contribution in [0.1, 0.15) is 5.56 Å². The summed E-state index contributed by atoms with van der Waals surface area (Å²) >= 11 is 3.29. The van der Waals surface area contributed by atoms with Gasteiger partial charge in [-0.25, -0.2) is 4.98 Å². The Balaban J connectivity index is 2.25. The fraction of sp³-hybridized carbons (Fsp3) is 0.0833. The van der Waals surface area contributed by atoms with E-state index in [4.69, 9.17) is 4.42 Å². The van der Waals surface area contributed by atoms with E-state index in [1.54, 1.807) is 0 Å². The molecule has 3 aromatic rings. The molecule has 0 aliphatic carbocycles. The minimum absolute atomic E-state index is 0.714. The van der Waals surface area contributed by atoms with Crippen LogP contribution < -0.4 is 0 Å². The molecule has 0 fully saturated rings. The molecule has 3 heterocycles. The van der Waals surface area contributed by atoms with Crippen molar-refractivity contribution in [2.45, 2.75) is 6.92 Å². The lowest BCUT2D eigenvalue weighted by molar-refractivity contribution is 0.551. The molecule has 0 unspecified atom stereocenters. The topological polar surface area (TPSA) is 30.4 Å². The van der Waals surface area contributed by atoms with Crippen molar-refractivity contribution in [2.75, 3.05) is 0 Å². The molecule has 3 nitrogen and oxygen atoms in total. The van der Waals surface area contributed by atoms with Gasteiger partial charge in [-0.1, -0.05) is 0 Å². The second kappa shape index (κ2) is 3.49. The average molecular weight is 277 g/mol. The highest BCUT2D eigenvalue weighted by Crippen LogP contribution is 2.24. The second-order valence-corrected chi connectivity index (χ2v) is 4.47. The number of pyridine rings is 1. The smallest absolute Gasteiger partial charge is 0.180 e. The van der Waals surface area contributed by atoms with Gasteiger partial charge in [0.05, 0.1) is 11.7 Å². The summed E-state index contributed by atoms with van der Waals surface area (Å²) in [5.41, 5.74) is 2.29. The van der Waals surface area contributed by atoms with Gasteiger partial charge in [0, 0.05) is 6.20 Å². The number of nitrogens with zero attached hydrogens (tertiary/aromatic N) is 2. The Labute approximate surface area is 101 Å². The first-order valence-electron chi connectivity index (χ1n) is 4.93. The van der Waals surface area contributed by atoms with Gasteiger partial charge < -0.3 is 4.42 Å². The summed E-state index contributed by atoms with van der Waals surface area (Å²) < 4.78 is 8.23. The molecule has 0 saturated carbocycles. The molecule has 4 heteroatoms. The molecule has 0 radical (unpaired) electrons. The van der Waals surface area contributed by atoms with Gasteiger partial charge in [-0.3, -0.25) is 4.40 Å². The Bertz CT molecular complexity index is 654. The van der Waals surface area contributed by atoms with Crippen molar-refractivity contribution in [2.24, 2.45) is 0 Å². The number of rotatable bonds is 1. The molecule has 0 bridgehead atoms. The summed E-state index contributed by atoms with van der Waals surface area (Å²) in [6, 6.07) is 7.91. The molecular formula is C12H9BrN2O. The molecule has 3 aromatic heterocycles. The summed E-state index contributed by atoms with van der Waals surface area (Å²) in [6.45, 7) is 2.07. The number of hydrogen-bond acceptors (Lipinski definition) is 2. The number of imidazole rings is 1. The first kappa shape index (κ1) is 9.66. The summed E-state index contributed by atoms with van der Waals surface area (Å²) in [6.07, 6.45) is 3.85. The predicted octanol–water partition coefficient (Wildman–Crippen LogP) is 3.67. The minimum Gasteiger partial charge on any atom is -0.446 e. The molecular weight excluding hydrogens is 268 g/mol. The molecule has 0 aliphatic heterocycles. The van der Waals surface area contributed by atoms with Crippen LogP contribution in [0.5, 0.6) is 0 Å². The van der Waals surface area contributed by atoms with Gasteiger partial charge in [0.1, 0.15) is 0 Å². The third-order valence-electron chi connectivity index (χ3n) is 2.48. The maximum atomic E-state index is 5.50. The van der Waals surface area contributed by atoms with E-state index in [0.29, 0.717) is 4.67 Å². The number of hydrogen-bond donors (Lipinski definition) is 0. The molecule has 0 aromatic carbocycles. The first-order valence-corrected chi connectivity index (χ1v) is 5.73. The van der Waals surface area contributed by atoms with Crippen molar-refractivity contribution in [3.05, 3.63) is 46.9 Å². The van der Waals surface area contributed by atoms with E-state index in [1.165, 1.54) is 5.56 Å². The van der Waals surface area contributed by atoms with Crippen LogP contribution >= 0.6 is 15.9 Å². The summed E-state index contributed by atoms with van der Waals surface area (Å²) in [7, 11) is 0. The lowest BCUT2D eigenvalue weighted by Gasteiger charge is -1.98. The Morgan fingerprint density at radius 3 is 2.94 bits per heavy atom. The maximum Gasteiger partial charge on any atom is 0.180 e. The minimum atomic E-state index is 0.714. The van der Waals surface area contributed by atoms with Crippen molar-refractivity contribution in [1.29, 1.82) is 0 Å². The molecule has 0 amide bonds. The standard InChI is InChI=1S/C12H9BrN2O/c1-8-4-5-15-9(6-8)7-14-12(15)10-2-3-11(13)16-10/h2-7H,1H3. The van der Waals surface area contributed by atoms with E-state index in [9.17, 15) is 0 Å². The Kier molecular flexibility index (Phi) is 2.11. The summed E-state index contributed by atoms with van der Waals surface area (Å²) in [4.78, 5) is 4.37. The van der Waals surface area contributed by atoms with Crippen LogP contribution in [0.2, 0.25) is 0 Å². The Morgan fingerprint density at radius 2 is 2.19 bits per heavy atom. The van der Waals surface area contributed by atoms with Crippen LogP contribution in [0.25, 0.3) is 17.1 Å². The van der Waals surface area contributed by atoms with Gasteiger partial charge in [-0.2, -0.15) is 0 Å². The van der Waals surface area contributed by atoms with Crippen LogP contribution in [-0.4, -0.2) is 9.38 Å². The number of furan rings is 1. The highest BCUT2D eigenvalue weighted by Gasteiger charge is 2.09. The zero-order chi connectivity index (χ0) is 11.1. The van der Waals surface area contributed by atoms with Gasteiger partial charge in [0.15, 0.2) is 16.3 Å². The van der Waals surface area contributed by atoms with Gasteiger partial charge in [-0.05, 0) is 52.7 Å². The molecule has 0 N–H and O–H groups in total. The first-order chi connectivity index (χ1) is 7.74.